The van der Waals surface area contributed by atoms with E-state index in [4.69, 9.17) is 4.74 Å². The maximum Gasteiger partial charge on any atom is 0.146 e. The number of hydrogen-bond donors (Lipinski definition) is 1. The first-order valence-electron chi connectivity index (χ1n) is 6.43. The smallest absolute Gasteiger partial charge is 0.146 e. The summed E-state index contributed by atoms with van der Waals surface area (Å²) in [5.74, 6) is 0.652. The Balaban J connectivity index is 1.71. The maximum atomic E-state index is 13.5. The first-order chi connectivity index (χ1) is 9.25. The third-order valence-corrected chi connectivity index (χ3v) is 2.77. The summed E-state index contributed by atoms with van der Waals surface area (Å²) in [6, 6.07) is 14.7. The van der Waals surface area contributed by atoms with Crippen molar-refractivity contribution in [1.29, 1.82) is 0 Å². The number of para-hydroxylation sites is 1. The van der Waals surface area contributed by atoms with Crippen molar-refractivity contribution < 1.29 is 9.13 Å². The summed E-state index contributed by atoms with van der Waals surface area (Å²) in [5.41, 5.74) is 1.60. The molecule has 0 aromatic heterocycles. The van der Waals surface area contributed by atoms with Gasteiger partial charge in [-0.3, -0.25) is 0 Å². The van der Waals surface area contributed by atoms with Gasteiger partial charge in [0.25, 0.3) is 0 Å². The molecule has 3 heteroatoms. The maximum absolute atomic E-state index is 13.5. The Morgan fingerprint density at radius 3 is 2.68 bits per heavy atom. The van der Waals surface area contributed by atoms with E-state index in [9.17, 15) is 4.39 Å². The molecular formula is C16H18FNO. The predicted octanol–water partition coefficient (Wildman–Crippen LogP) is 4.02. The molecular weight excluding hydrogens is 241 g/mol. The molecule has 0 fully saturated rings. The summed E-state index contributed by atoms with van der Waals surface area (Å²) < 4.78 is 19.0. The number of nitrogens with one attached hydrogen (secondary N) is 1. The van der Waals surface area contributed by atoms with Gasteiger partial charge in [0, 0.05) is 6.54 Å². The second-order valence-corrected chi connectivity index (χ2v) is 4.43. The van der Waals surface area contributed by atoms with Gasteiger partial charge in [-0.25, -0.2) is 4.39 Å². The van der Waals surface area contributed by atoms with Crippen molar-refractivity contribution in [3.05, 3.63) is 59.9 Å². The molecule has 0 bridgehead atoms. The van der Waals surface area contributed by atoms with Crippen molar-refractivity contribution in [3.63, 3.8) is 0 Å². The number of anilines is 1. The number of benzene rings is 2. The minimum Gasteiger partial charge on any atom is -0.494 e. The van der Waals surface area contributed by atoms with Crippen LogP contribution in [0.25, 0.3) is 0 Å². The monoisotopic (exact) mass is 259 g/mol. The van der Waals surface area contributed by atoms with Gasteiger partial charge in [0.05, 0.1) is 12.3 Å². The molecule has 0 unspecified atom stereocenters. The Bertz CT molecular complexity index is 513. The van der Waals surface area contributed by atoms with E-state index in [1.807, 2.05) is 43.3 Å². The molecule has 0 saturated heterocycles. The van der Waals surface area contributed by atoms with E-state index in [2.05, 4.69) is 5.32 Å². The number of ether oxygens (including phenoxy) is 1. The topological polar surface area (TPSA) is 21.3 Å². The zero-order valence-corrected chi connectivity index (χ0v) is 11.0. The Kier molecular flexibility index (Phi) is 4.78. The lowest BCUT2D eigenvalue weighted by Gasteiger charge is -2.09. The predicted molar refractivity (Wildman–Crippen MR) is 76.2 cm³/mol. The van der Waals surface area contributed by atoms with Crippen LogP contribution in [0.1, 0.15) is 12.0 Å². The standard InChI is InChI=1S/C16H18FNO/c1-13-8-9-15(17)16(12-13)18-10-5-11-19-14-6-3-2-4-7-14/h2-4,6-9,12,18H,5,10-11H2,1H3. The van der Waals surface area contributed by atoms with Gasteiger partial charge in [0.15, 0.2) is 0 Å². The summed E-state index contributed by atoms with van der Waals surface area (Å²) in [5, 5.41) is 3.09. The first kappa shape index (κ1) is 13.4. The quantitative estimate of drug-likeness (QED) is 0.791. The molecule has 0 aliphatic heterocycles. The molecule has 0 aliphatic rings. The summed E-state index contributed by atoms with van der Waals surface area (Å²) in [6.07, 6.45) is 0.822. The fraction of sp³-hybridized carbons (Fsp3) is 0.250. The van der Waals surface area contributed by atoms with Crippen LogP contribution in [0.2, 0.25) is 0 Å². The number of rotatable bonds is 6. The third-order valence-electron chi connectivity index (χ3n) is 2.77. The molecule has 2 aromatic carbocycles. The van der Waals surface area contributed by atoms with E-state index in [1.165, 1.54) is 6.07 Å². The van der Waals surface area contributed by atoms with Gasteiger partial charge in [0.2, 0.25) is 0 Å². The highest BCUT2D eigenvalue weighted by molar-refractivity contribution is 5.46. The van der Waals surface area contributed by atoms with Crippen LogP contribution in [0.15, 0.2) is 48.5 Å². The second kappa shape index (κ2) is 6.78. The first-order valence-corrected chi connectivity index (χ1v) is 6.43. The van der Waals surface area contributed by atoms with Crippen LogP contribution < -0.4 is 10.1 Å². The molecule has 0 spiro atoms. The van der Waals surface area contributed by atoms with Crippen molar-refractivity contribution in [2.75, 3.05) is 18.5 Å². The molecule has 0 saturated carbocycles. The molecule has 0 radical (unpaired) electrons. The number of aryl methyl sites for hydroxylation is 1. The zero-order valence-electron chi connectivity index (χ0n) is 11.0. The molecule has 2 nitrogen and oxygen atoms in total. The number of halogens is 1. The van der Waals surface area contributed by atoms with Crippen LogP contribution in [-0.4, -0.2) is 13.2 Å². The lowest BCUT2D eigenvalue weighted by Crippen LogP contribution is -2.08. The van der Waals surface area contributed by atoms with Gasteiger partial charge in [-0.15, -0.1) is 0 Å². The molecule has 0 aliphatic carbocycles. The highest BCUT2D eigenvalue weighted by atomic mass is 19.1. The largest absolute Gasteiger partial charge is 0.494 e. The van der Waals surface area contributed by atoms with E-state index in [0.29, 0.717) is 18.8 Å². The number of hydrogen-bond acceptors (Lipinski definition) is 2. The van der Waals surface area contributed by atoms with E-state index in [1.54, 1.807) is 6.07 Å². The molecule has 0 heterocycles. The fourth-order valence-electron chi connectivity index (χ4n) is 1.78. The zero-order chi connectivity index (χ0) is 13.5. The molecule has 2 rings (SSSR count). The molecule has 2 aromatic rings. The second-order valence-electron chi connectivity index (χ2n) is 4.43. The van der Waals surface area contributed by atoms with Gasteiger partial charge in [-0.05, 0) is 43.2 Å². The third kappa shape index (κ3) is 4.28. The van der Waals surface area contributed by atoms with Crippen molar-refractivity contribution in [2.45, 2.75) is 13.3 Å². The molecule has 1 N–H and O–H groups in total. The van der Waals surface area contributed by atoms with Crippen molar-refractivity contribution in [3.8, 4) is 5.75 Å². The Labute approximate surface area is 113 Å². The van der Waals surface area contributed by atoms with E-state index >= 15 is 0 Å². The van der Waals surface area contributed by atoms with Crippen molar-refractivity contribution in [2.24, 2.45) is 0 Å². The van der Waals surface area contributed by atoms with E-state index < -0.39 is 0 Å². The lowest BCUT2D eigenvalue weighted by atomic mass is 10.2. The Morgan fingerprint density at radius 1 is 1.11 bits per heavy atom. The minimum atomic E-state index is -0.213. The van der Waals surface area contributed by atoms with Crippen molar-refractivity contribution >= 4 is 5.69 Å². The molecule has 100 valence electrons. The van der Waals surface area contributed by atoms with Gasteiger partial charge in [-0.1, -0.05) is 24.3 Å². The highest BCUT2D eigenvalue weighted by Crippen LogP contribution is 2.15. The summed E-state index contributed by atoms with van der Waals surface area (Å²) in [4.78, 5) is 0. The fourth-order valence-corrected chi connectivity index (χ4v) is 1.78. The normalized spacial score (nSPS) is 10.2. The Hall–Kier alpha value is -2.03. The van der Waals surface area contributed by atoms with Crippen molar-refractivity contribution in [1.82, 2.24) is 0 Å². The van der Waals surface area contributed by atoms with Crippen LogP contribution in [0.5, 0.6) is 5.75 Å². The highest BCUT2D eigenvalue weighted by Gasteiger charge is 2.00. The van der Waals surface area contributed by atoms with Crippen LogP contribution in [0, 0.1) is 12.7 Å². The summed E-state index contributed by atoms with van der Waals surface area (Å²) in [6.45, 7) is 3.25. The summed E-state index contributed by atoms with van der Waals surface area (Å²) in [7, 11) is 0. The molecule has 0 atom stereocenters. The molecule has 19 heavy (non-hydrogen) atoms. The van der Waals surface area contributed by atoms with Gasteiger partial charge in [-0.2, -0.15) is 0 Å². The molecule has 0 amide bonds. The van der Waals surface area contributed by atoms with E-state index in [-0.39, 0.29) is 5.82 Å². The average Bonchev–Trinajstić information content (AvgIpc) is 2.43. The van der Waals surface area contributed by atoms with Gasteiger partial charge < -0.3 is 10.1 Å². The summed E-state index contributed by atoms with van der Waals surface area (Å²) >= 11 is 0. The van der Waals surface area contributed by atoms with Crippen LogP contribution in [0.3, 0.4) is 0 Å². The average molecular weight is 259 g/mol. The lowest BCUT2D eigenvalue weighted by molar-refractivity contribution is 0.315. The van der Waals surface area contributed by atoms with Crippen LogP contribution >= 0.6 is 0 Å². The van der Waals surface area contributed by atoms with Gasteiger partial charge >= 0.3 is 0 Å². The Morgan fingerprint density at radius 2 is 1.89 bits per heavy atom. The van der Waals surface area contributed by atoms with Crippen LogP contribution in [-0.2, 0) is 0 Å². The van der Waals surface area contributed by atoms with Gasteiger partial charge in [0.1, 0.15) is 11.6 Å². The minimum absolute atomic E-state index is 0.213. The SMILES string of the molecule is Cc1ccc(F)c(NCCCOc2ccccc2)c1. The van der Waals surface area contributed by atoms with E-state index in [0.717, 1.165) is 17.7 Å². The van der Waals surface area contributed by atoms with Crippen LogP contribution in [0.4, 0.5) is 10.1 Å².